The van der Waals surface area contributed by atoms with Crippen LogP contribution in [0.5, 0.6) is 0 Å². The Morgan fingerprint density at radius 1 is 1.42 bits per heavy atom. The van der Waals surface area contributed by atoms with Gasteiger partial charge in [0.2, 0.25) is 0 Å². The van der Waals surface area contributed by atoms with E-state index in [1.54, 1.807) is 0 Å². The number of carbonyl (C=O) groups excluding carboxylic acids is 1. The summed E-state index contributed by atoms with van der Waals surface area (Å²) < 4.78 is 0. The van der Waals surface area contributed by atoms with Crippen molar-refractivity contribution in [1.82, 2.24) is 15.0 Å². The van der Waals surface area contributed by atoms with E-state index in [0.29, 0.717) is 0 Å². The minimum Gasteiger partial charge on any atom is -0.351 e. The van der Waals surface area contributed by atoms with E-state index in [1.165, 1.54) is 0 Å². The van der Waals surface area contributed by atoms with Gasteiger partial charge < -0.3 is 10.3 Å². The van der Waals surface area contributed by atoms with Gasteiger partial charge in [0.25, 0.3) is 11.6 Å². The van der Waals surface area contributed by atoms with Crippen LogP contribution >= 0.6 is 23.2 Å². The Balaban J connectivity index is 2.21. The quantitative estimate of drug-likeness (QED) is 0.513. The summed E-state index contributed by atoms with van der Waals surface area (Å²) >= 11 is 11.4. The molecule has 0 fully saturated rings. The lowest BCUT2D eigenvalue weighted by Crippen LogP contribution is -2.13. The molecule has 0 aliphatic heterocycles. The van der Waals surface area contributed by atoms with Crippen molar-refractivity contribution in [3.05, 3.63) is 44.6 Å². The minimum absolute atomic E-state index is 0.00231. The lowest BCUT2D eigenvalue weighted by atomic mass is 10.4. The number of aromatic nitrogens is 3. The average Bonchev–Trinajstić information content (AvgIpc) is 2.84. The van der Waals surface area contributed by atoms with Crippen LogP contribution in [0.2, 0.25) is 10.2 Å². The van der Waals surface area contributed by atoms with Crippen molar-refractivity contribution in [2.45, 2.75) is 0 Å². The largest absolute Gasteiger partial charge is 0.351 e. The molecule has 0 atom stereocenters. The number of H-pyrrole nitrogens is 1. The van der Waals surface area contributed by atoms with Gasteiger partial charge in [0, 0.05) is 6.07 Å². The van der Waals surface area contributed by atoms with Gasteiger partial charge in [-0.3, -0.25) is 14.9 Å². The van der Waals surface area contributed by atoms with E-state index in [0.717, 1.165) is 18.6 Å². The van der Waals surface area contributed by atoms with Crippen molar-refractivity contribution in [3.63, 3.8) is 0 Å². The molecule has 0 aliphatic carbocycles. The monoisotopic (exact) mass is 301 g/mol. The molecule has 2 heterocycles. The second kappa shape index (κ2) is 5.21. The van der Waals surface area contributed by atoms with Crippen LogP contribution in [-0.2, 0) is 0 Å². The summed E-state index contributed by atoms with van der Waals surface area (Å²) in [5, 5.41) is 12.8. The number of hydrogen-bond acceptors (Lipinski definition) is 5. The molecule has 8 nitrogen and oxygen atoms in total. The smallest absolute Gasteiger partial charge is 0.287 e. The topological polar surface area (TPSA) is 114 Å². The summed E-state index contributed by atoms with van der Waals surface area (Å²) in [4.78, 5) is 31.5. The third-order valence-electron chi connectivity index (χ3n) is 2.10. The van der Waals surface area contributed by atoms with Gasteiger partial charge in [-0.05, 0) is 0 Å². The first-order valence-electron chi connectivity index (χ1n) is 4.79. The zero-order chi connectivity index (χ0) is 14.0. The van der Waals surface area contributed by atoms with Crippen LogP contribution in [0.25, 0.3) is 0 Å². The second-order valence-electron chi connectivity index (χ2n) is 3.31. The summed E-state index contributed by atoms with van der Waals surface area (Å²) in [7, 11) is 0. The third kappa shape index (κ3) is 2.80. The Bertz CT molecular complexity index is 657. The maximum absolute atomic E-state index is 11.8. The molecule has 0 radical (unpaired) electrons. The number of nitrogens with zero attached hydrogens (tertiary/aromatic N) is 3. The molecule has 2 aromatic heterocycles. The van der Waals surface area contributed by atoms with Crippen LogP contribution in [0.15, 0.2) is 18.6 Å². The number of aromatic amines is 1. The highest BCUT2D eigenvalue weighted by Crippen LogP contribution is 2.25. The van der Waals surface area contributed by atoms with Gasteiger partial charge in [0.05, 0.1) is 11.1 Å². The summed E-state index contributed by atoms with van der Waals surface area (Å²) in [5.74, 6) is -0.617. The van der Waals surface area contributed by atoms with E-state index < -0.39 is 10.8 Å². The Kier molecular flexibility index (Phi) is 3.63. The van der Waals surface area contributed by atoms with Crippen LogP contribution in [0, 0.1) is 10.1 Å². The zero-order valence-corrected chi connectivity index (χ0v) is 10.6. The van der Waals surface area contributed by atoms with Crippen LogP contribution in [0.3, 0.4) is 0 Å². The van der Waals surface area contributed by atoms with Crippen LogP contribution in [0.1, 0.15) is 10.5 Å². The fraction of sp³-hybridized carbons (Fsp3) is 0. The molecule has 2 rings (SSSR count). The highest BCUT2D eigenvalue weighted by Gasteiger charge is 2.16. The van der Waals surface area contributed by atoms with Gasteiger partial charge in [0.15, 0.2) is 11.0 Å². The van der Waals surface area contributed by atoms with Crippen molar-refractivity contribution >= 4 is 40.6 Å². The lowest BCUT2D eigenvalue weighted by Gasteiger charge is -2.04. The highest BCUT2D eigenvalue weighted by atomic mass is 35.5. The highest BCUT2D eigenvalue weighted by molar-refractivity contribution is 6.43. The number of amides is 1. The van der Waals surface area contributed by atoms with Crippen molar-refractivity contribution < 1.29 is 9.72 Å². The number of nitrogens with one attached hydrogen (secondary N) is 2. The number of anilines is 1. The normalized spacial score (nSPS) is 10.2. The number of carbonyl (C=O) groups is 1. The van der Waals surface area contributed by atoms with Crippen molar-refractivity contribution in [1.29, 1.82) is 0 Å². The molecule has 0 aliphatic rings. The maximum Gasteiger partial charge on any atom is 0.287 e. The van der Waals surface area contributed by atoms with Crippen molar-refractivity contribution in [3.8, 4) is 0 Å². The van der Waals surface area contributed by atoms with Crippen LogP contribution < -0.4 is 5.32 Å². The SMILES string of the molecule is O=C(Nc1ncnc(Cl)c1Cl)c1cc([N+](=O)[O-])c[nH]1. The Hall–Kier alpha value is -2.19. The number of nitro groups is 1. The van der Waals surface area contributed by atoms with E-state index in [4.69, 9.17) is 23.2 Å². The number of rotatable bonds is 3. The van der Waals surface area contributed by atoms with Crippen LogP contribution in [0.4, 0.5) is 11.5 Å². The van der Waals surface area contributed by atoms with E-state index in [1.807, 2.05) is 0 Å². The van der Waals surface area contributed by atoms with Gasteiger partial charge in [-0.2, -0.15) is 0 Å². The van der Waals surface area contributed by atoms with E-state index in [9.17, 15) is 14.9 Å². The first kappa shape index (κ1) is 13.2. The predicted octanol–water partition coefficient (Wildman–Crippen LogP) is 2.27. The minimum atomic E-state index is -0.634. The van der Waals surface area contributed by atoms with Gasteiger partial charge >= 0.3 is 0 Å². The molecular formula is C9H5Cl2N5O3. The van der Waals surface area contributed by atoms with Gasteiger partial charge in [-0.25, -0.2) is 9.97 Å². The Labute approximate surface area is 115 Å². The van der Waals surface area contributed by atoms with Gasteiger partial charge in [-0.1, -0.05) is 23.2 Å². The summed E-state index contributed by atoms with van der Waals surface area (Å²) in [6.45, 7) is 0. The molecule has 0 aromatic carbocycles. The zero-order valence-electron chi connectivity index (χ0n) is 9.05. The van der Waals surface area contributed by atoms with Crippen LogP contribution in [-0.4, -0.2) is 25.8 Å². The fourth-order valence-electron chi connectivity index (χ4n) is 1.23. The number of hydrogen-bond donors (Lipinski definition) is 2. The standard InChI is InChI=1S/C9H5Cl2N5O3/c10-6-7(11)13-3-14-8(6)15-9(17)5-1-4(2-12-5)16(18)19/h1-3,12H,(H,13,14,15,17). The third-order valence-corrected chi connectivity index (χ3v) is 2.84. The molecule has 0 bridgehead atoms. The summed E-state index contributed by atoms with van der Waals surface area (Å²) in [6, 6.07) is 1.09. The van der Waals surface area contributed by atoms with Gasteiger partial charge in [0.1, 0.15) is 17.0 Å². The van der Waals surface area contributed by atoms with Crippen molar-refractivity contribution in [2.24, 2.45) is 0 Å². The van der Waals surface area contributed by atoms with Crippen molar-refractivity contribution in [2.75, 3.05) is 5.32 Å². The first-order valence-corrected chi connectivity index (χ1v) is 5.55. The molecule has 2 aromatic rings. The molecule has 19 heavy (non-hydrogen) atoms. The molecule has 0 spiro atoms. The molecule has 0 saturated heterocycles. The molecule has 1 amide bonds. The van der Waals surface area contributed by atoms with E-state index in [2.05, 4.69) is 20.3 Å². The van der Waals surface area contributed by atoms with E-state index >= 15 is 0 Å². The number of halogens is 2. The molecular weight excluding hydrogens is 297 g/mol. The summed E-state index contributed by atoms with van der Waals surface area (Å²) in [6.07, 6.45) is 2.23. The Morgan fingerprint density at radius 2 is 2.16 bits per heavy atom. The molecule has 10 heteroatoms. The summed E-state index contributed by atoms with van der Waals surface area (Å²) in [5.41, 5.74) is -0.227. The molecule has 0 saturated carbocycles. The Morgan fingerprint density at radius 3 is 2.79 bits per heavy atom. The maximum atomic E-state index is 11.8. The average molecular weight is 302 g/mol. The molecule has 2 N–H and O–H groups in total. The molecule has 98 valence electrons. The predicted molar refractivity (Wildman–Crippen MR) is 67.5 cm³/mol. The fourth-order valence-corrected chi connectivity index (χ4v) is 1.51. The molecule has 0 unspecified atom stereocenters. The second-order valence-corrected chi connectivity index (χ2v) is 4.05. The van der Waals surface area contributed by atoms with E-state index in [-0.39, 0.29) is 27.4 Å². The van der Waals surface area contributed by atoms with Gasteiger partial charge in [-0.15, -0.1) is 0 Å². The first-order chi connectivity index (χ1) is 8.99. The lowest BCUT2D eigenvalue weighted by molar-refractivity contribution is -0.384.